The van der Waals surface area contributed by atoms with Crippen molar-refractivity contribution in [3.63, 3.8) is 0 Å². The molecule has 1 aromatic heterocycles. The molecule has 0 aliphatic heterocycles. The highest BCUT2D eigenvalue weighted by Crippen LogP contribution is 2.50. The number of hydrogen-bond acceptors (Lipinski definition) is 9. The summed E-state index contributed by atoms with van der Waals surface area (Å²) in [4.78, 5) is 39.2. The zero-order valence-electron chi connectivity index (χ0n) is 24.7. The van der Waals surface area contributed by atoms with E-state index < -0.39 is 12.1 Å². The Hall–Kier alpha value is -4.19. The number of hydrogen-bond donors (Lipinski definition) is 3. The van der Waals surface area contributed by atoms with Crippen LogP contribution in [-0.2, 0) is 23.1 Å². The minimum Gasteiger partial charge on any atom is -0.493 e. The van der Waals surface area contributed by atoms with E-state index in [2.05, 4.69) is 21.0 Å². The topological polar surface area (TPSA) is 133 Å². The molecule has 2 amide bonds. The standard InChI is InChI=1S/C30H37N5O6S/c1-17(36)31-21-9-7-18-15-25(39-3)28(40-4)29(41-5)27(18)19-8-10-22(24(37)16-20(19)21)32-23(12-14-42-6)30(38)33-26-11-13-35(2)34-26/h8,10-11,13,15-16,21,23H,7,9,12,14H2,1-6H3,(H,31,36)(H,32,37)(H,33,34,38). The molecule has 42 heavy (non-hydrogen) atoms. The second-order valence-corrected chi connectivity index (χ2v) is 10.9. The molecule has 1 heterocycles. The summed E-state index contributed by atoms with van der Waals surface area (Å²) >= 11 is 1.61. The highest BCUT2D eigenvalue weighted by Gasteiger charge is 2.30. The zero-order valence-corrected chi connectivity index (χ0v) is 25.5. The number of nitrogens with one attached hydrogen (secondary N) is 3. The van der Waals surface area contributed by atoms with Crippen LogP contribution in [0.15, 0.2) is 41.3 Å². The third kappa shape index (κ3) is 6.64. The van der Waals surface area contributed by atoms with Gasteiger partial charge in [-0.3, -0.25) is 19.1 Å². The molecule has 0 radical (unpaired) electrons. The summed E-state index contributed by atoms with van der Waals surface area (Å²) in [6.07, 6.45) is 5.33. The van der Waals surface area contributed by atoms with Crippen LogP contribution >= 0.6 is 11.8 Å². The number of rotatable bonds is 11. The molecule has 2 atom stereocenters. The Labute approximate surface area is 249 Å². The summed E-state index contributed by atoms with van der Waals surface area (Å²) < 4.78 is 18.7. The molecule has 0 fully saturated rings. The number of methoxy groups -OCH3 is 3. The van der Waals surface area contributed by atoms with Crippen LogP contribution in [0.25, 0.3) is 11.1 Å². The Morgan fingerprint density at radius 3 is 2.50 bits per heavy atom. The minimum absolute atomic E-state index is 0.209. The number of aromatic nitrogens is 2. The van der Waals surface area contributed by atoms with Gasteiger partial charge >= 0.3 is 0 Å². The maximum absolute atomic E-state index is 13.7. The Morgan fingerprint density at radius 2 is 1.88 bits per heavy atom. The van der Waals surface area contributed by atoms with E-state index in [4.69, 9.17) is 14.2 Å². The number of amides is 2. The number of ether oxygens (including phenoxy) is 3. The average molecular weight is 596 g/mol. The molecule has 2 aromatic carbocycles. The van der Waals surface area contributed by atoms with Gasteiger partial charge in [0.25, 0.3) is 0 Å². The molecule has 0 bridgehead atoms. The smallest absolute Gasteiger partial charge is 0.248 e. The Bertz CT molecular complexity index is 1520. The van der Waals surface area contributed by atoms with Crippen LogP contribution in [0, 0.1) is 0 Å². The third-order valence-corrected chi connectivity index (χ3v) is 7.78. The fourth-order valence-corrected chi connectivity index (χ4v) is 5.69. The summed E-state index contributed by atoms with van der Waals surface area (Å²) in [7, 11) is 6.42. The molecular formula is C30H37N5O6S. The van der Waals surface area contributed by atoms with E-state index in [1.165, 1.54) is 20.1 Å². The van der Waals surface area contributed by atoms with E-state index in [0.717, 1.165) is 11.1 Å². The monoisotopic (exact) mass is 595 g/mol. The second-order valence-electron chi connectivity index (χ2n) is 9.94. The van der Waals surface area contributed by atoms with Crippen molar-refractivity contribution in [1.82, 2.24) is 15.1 Å². The van der Waals surface area contributed by atoms with Gasteiger partial charge in [-0.05, 0) is 66.2 Å². The lowest BCUT2D eigenvalue weighted by molar-refractivity contribution is -0.120. The first-order chi connectivity index (χ1) is 20.2. The molecule has 0 saturated heterocycles. The van der Waals surface area contributed by atoms with Gasteiger partial charge in [-0.2, -0.15) is 16.9 Å². The number of anilines is 2. The van der Waals surface area contributed by atoms with Crippen molar-refractivity contribution >= 4 is 35.1 Å². The second kappa shape index (κ2) is 13.6. The van der Waals surface area contributed by atoms with Crippen molar-refractivity contribution in [2.75, 3.05) is 44.0 Å². The van der Waals surface area contributed by atoms with E-state index in [1.807, 2.05) is 18.4 Å². The summed E-state index contributed by atoms with van der Waals surface area (Å²) in [6, 6.07) is 7.53. The Morgan fingerprint density at radius 1 is 1.12 bits per heavy atom. The molecule has 1 aliphatic carbocycles. The number of aryl methyl sites for hydroxylation is 2. The van der Waals surface area contributed by atoms with Gasteiger partial charge in [0.1, 0.15) is 6.04 Å². The lowest BCUT2D eigenvalue weighted by Crippen LogP contribution is -2.36. The van der Waals surface area contributed by atoms with Crippen molar-refractivity contribution in [2.45, 2.75) is 38.3 Å². The first kappa shape index (κ1) is 30.8. The van der Waals surface area contributed by atoms with Gasteiger partial charge in [-0.15, -0.1) is 0 Å². The van der Waals surface area contributed by atoms with Crippen molar-refractivity contribution < 1.29 is 23.8 Å². The molecule has 12 heteroatoms. The highest BCUT2D eigenvalue weighted by molar-refractivity contribution is 7.98. The molecule has 3 N–H and O–H groups in total. The van der Waals surface area contributed by atoms with Crippen molar-refractivity contribution in [1.29, 1.82) is 0 Å². The van der Waals surface area contributed by atoms with Crippen LogP contribution in [0.3, 0.4) is 0 Å². The maximum atomic E-state index is 13.7. The lowest BCUT2D eigenvalue weighted by atomic mass is 9.95. The maximum Gasteiger partial charge on any atom is 0.248 e. The Balaban J connectivity index is 1.84. The summed E-state index contributed by atoms with van der Waals surface area (Å²) in [5, 5.41) is 13.2. The van der Waals surface area contributed by atoms with E-state index in [-0.39, 0.29) is 22.9 Å². The molecule has 0 saturated carbocycles. The SMILES string of the molecule is COc1cc2c(c(OC)c1OC)-c1ccc(NC(CCSC)C(=O)Nc3ccn(C)n3)c(=O)cc1C(NC(C)=O)CC2. The van der Waals surface area contributed by atoms with Gasteiger partial charge in [0, 0.05) is 31.8 Å². The number of carbonyl (C=O) groups excluding carboxylic acids is 2. The predicted molar refractivity (Wildman–Crippen MR) is 165 cm³/mol. The molecule has 3 aromatic rings. The van der Waals surface area contributed by atoms with Gasteiger partial charge in [-0.25, -0.2) is 0 Å². The van der Waals surface area contributed by atoms with Gasteiger partial charge in [0.15, 0.2) is 17.3 Å². The normalized spacial score (nSPS) is 14.5. The van der Waals surface area contributed by atoms with Gasteiger partial charge < -0.3 is 30.2 Å². The van der Waals surface area contributed by atoms with E-state index in [0.29, 0.717) is 59.2 Å². The third-order valence-electron chi connectivity index (χ3n) is 7.14. The van der Waals surface area contributed by atoms with Gasteiger partial charge in [0.2, 0.25) is 23.0 Å². The van der Waals surface area contributed by atoms with Crippen LogP contribution in [0.2, 0.25) is 0 Å². The fourth-order valence-electron chi connectivity index (χ4n) is 5.21. The first-order valence-electron chi connectivity index (χ1n) is 13.5. The van der Waals surface area contributed by atoms with Crippen molar-refractivity contribution in [3.8, 4) is 28.4 Å². The van der Waals surface area contributed by atoms with E-state index >= 15 is 0 Å². The molecular weight excluding hydrogens is 558 g/mol. The van der Waals surface area contributed by atoms with Crippen molar-refractivity contribution in [3.05, 3.63) is 57.9 Å². The quantitative estimate of drug-likeness (QED) is 0.303. The minimum atomic E-state index is -0.688. The largest absolute Gasteiger partial charge is 0.493 e. The number of nitrogens with zero attached hydrogens (tertiary/aromatic N) is 2. The number of fused-ring (bicyclic) bond motifs is 3. The first-order valence-corrected chi connectivity index (χ1v) is 14.9. The number of thioether (sulfide) groups is 1. The summed E-state index contributed by atoms with van der Waals surface area (Å²) in [5.74, 6) is 2.05. The molecule has 2 unspecified atom stereocenters. The average Bonchev–Trinajstić information content (AvgIpc) is 3.23. The van der Waals surface area contributed by atoms with E-state index in [1.54, 1.807) is 56.0 Å². The van der Waals surface area contributed by atoms with Crippen LogP contribution in [0.1, 0.15) is 36.9 Å². The number of benzene rings is 1. The molecule has 4 rings (SSSR count). The van der Waals surface area contributed by atoms with E-state index in [9.17, 15) is 14.4 Å². The summed E-state index contributed by atoms with van der Waals surface area (Å²) in [5.41, 5.74) is 2.99. The van der Waals surface area contributed by atoms with Crippen molar-refractivity contribution in [2.24, 2.45) is 7.05 Å². The molecule has 1 aliphatic rings. The number of carbonyl (C=O) groups is 2. The van der Waals surface area contributed by atoms with Crippen LogP contribution in [0.4, 0.5) is 11.5 Å². The van der Waals surface area contributed by atoms with Crippen LogP contribution < -0.4 is 35.6 Å². The molecule has 0 spiro atoms. The molecule has 224 valence electrons. The highest BCUT2D eigenvalue weighted by atomic mass is 32.2. The fraction of sp³-hybridized carbons (Fsp3) is 0.400. The van der Waals surface area contributed by atoms with Crippen LogP contribution in [0.5, 0.6) is 17.2 Å². The van der Waals surface area contributed by atoms with Gasteiger partial charge in [0.05, 0.1) is 33.1 Å². The summed E-state index contributed by atoms with van der Waals surface area (Å²) in [6.45, 7) is 1.45. The molecule has 11 nitrogen and oxygen atoms in total. The Kier molecular flexibility index (Phi) is 10.00. The predicted octanol–water partition coefficient (Wildman–Crippen LogP) is 3.77. The zero-order chi connectivity index (χ0) is 30.4. The van der Waals surface area contributed by atoms with Gasteiger partial charge in [-0.1, -0.05) is 6.07 Å². The lowest BCUT2D eigenvalue weighted by Gasteiger charge is -2.19. The van der Waals surface area contributed by atoms with Crippen LogP contribution in [-0.4, -0.2) is 61.0 Å².